The molecule has 0 unspecified atom stereocenters. The first kappa shape index (κ1) is 22.6. The molecule has 4 rings (SSSR count). The highest BCUT2D eigenvalue weighted by molar-refractivity contribution is 5.92. The Labute approximate surface area is 193 Å². The highest BCUT2D eigenvalue weighted by Gasteiger charge is 2.30. The fraction of sp³-hybridized carbons (Fsp3) is 0.346. The number of amides is 2. The predicted molar refractivity (Wildman–Crippen MR) is 125 cm³/mol. The molecule has 1 aromatic heterocycles. The number of nitrogens with zero attached hydrogens (tertiary/aromatic N) is 2. The van der Waals surface area contributed by atoms with Crippen LogP contribution in [0.1, 0.15) is 41.6 Å². The molecule has 1 aliphatic rings. The van der Waals surface area contributed by atoms with Gasteiger partial charge in [-0.1, -0.05) is 61.5 Å². The lowest BCUT2D eigenvalue weighted by Crippen LogP contribution is -2.37. The van der Waals surface area contributed by atoms with Crippen LogP contribution < -0.4 is 10.1 Å². The fourth-order valence-electron chi connectivity index (χ4n) is 4.15. The number of benzene rings is 2. The van der Waals surface area contributed by atoms with E-state index in [9.17, 15) is 9.59 Å². The number of carbonyl (C=O) groups excluding carboxylic acids is 2. The highest BCUT2D eigenvalue weighted by Crippen LogP contribution is 2.33. The number of rotatable bonds is 6. The smallest absolute Gasteiger partial charge is 0.292 e. The maximum Gasteiger partial charge on any atom is 0.292 e. The summed E-state index contributed by atoms with van der Waals surface area (Å²) in [6.07, 6.45) is 0.498. The third-order valence-corrected chi connectivity index (χ3v) is 5.99. The van der Waals surface area contributed by atoms with E-state index in [1.807, 2.05) is 62.4 Å². The zero-order chi connectivity index (χ0) is 23.4. The summed E-state index contributed by atoms with van der Waals surface area (Å²) in [7, 11) is 1.65. The van der Waals surface area contributed by atoms with Crippen molar-refractivity contribution in [3.8, 4) is 16.9 Å². The van der Waals surface area contributed by atoms with Gasteiger partial charge in [-0.25, -0.2) is 0 Å². The standard InChI is InChI=1S/C26H29N3O4/c1-17(2)22-15-24(33-28-22)26(31)29-13-12-27-25(30)19(16-29)14-18-8-4-5-9-20(18)21-10-6-7-11-23(21)32-3/h4-11,15,17,19H,12-14,16H2,1-3H3,(H,27,30)/t19-/m0/s1. The molecular weight excluding hydrogens is 418 g/mol. The molecular formula is C26H29N3O4. The van der Waals surface area contributed by atoms with Crippen LogP contribution in [0.3, 0.4) is 0 Å². The van der Waals surface area contributed by atoms with Crippen molar-refractivity contribution in [3.05, 3.63) is 71.6 Å². The molecule has 7 heteroatoms. The van der Waals surface area contributed by atoms with Gasteiger partial charge in [-0.2, -0.15) is 0 Å². The summed E-state index contributed by atoms with van der Waals surface area (Å²) in [5, 5.41) is 6.95. The summed E-state index contributed by atoms with van der Waals surface area (Å²) < 4.78 is 10.9. The molecule has 0 spiro atoms. The van der Waals surface area contributed by atoms with E-state index < -0.39 is 0 Å². The number of methoxy groups -OCH3 is 1. The Morgan fingerprint density at radius 3 is 2.64 bits per heavy atom. The molecule has 1 saturated heterocycles. The minimum Gasteiger partial charge on any atom is -0.496 e. The maximum absolute atomic E-state index is 13.1. The third kappa shape index (κ3) is 4.92. The van der Waals surface area contributed by atoms with Crippen LogP contribution in [0, 0.1) is 5.92 Å². The lowest BCUT2D eigenvalue weighted by molar-refractivity contribution is -0.124. The van der Waals surface area contributed by atoms with Crippen molar-refractivity contribution in [3.63, 3.8) is 0 Å². The van der Waals surface area contributed by atoms with E-state index in [1.165, 1.54) is 0 Å². The largest absolute Gasteiger partial charge is 0.496 e. The average molecular weight is 448 g/mol. The van der Waals surface area contributed by atoms with Gasteiger partial charge >= 0.3 is 0 Å². The first-order valence-corrected chi connectivity index (χ1v) is 11.2. The quantitative estimate of drug-likeness (QED) is 0.619. The molecule has 172 valence electrons. The average Bonchev–Trinajstić information content (AvgIpc) is 3.26. The number of hydrogen-bond acceptors (Lipinski definition) is 5. The van der Waals surface area contributed by atoms with Crippen LogP contribution in [-0.4, -0.2) is 48.6 Å². The molecule has 1 N–H and O–H groups in total. The Bertz CT molecular complexity index is 1140. The molecule has 2 heterocycles. The van der Waals surface area contributed by atoms with Crippen molar-refractivity contribution >= 4 is 11.8 Å². The Balaban J connectivity index is 1.59. The molecule has 1 aliphatic heterocycles. The van der Waals surface area contributed by atoms with Gasteiger partial charge in [0.1, 0.15) is 5.75 Å². The van der Waals surface area contributed by atoms with E-state index in [0.717, 1.165) is 28.1 Å². The van der Waals surface area contributed by atoms with Gasteiger partial charge in [0.2, 0.25) is 11.7 Å². The number of nitrogens with one attached hydrogen (secondary N) is 1. The molecule has 0 saturated carbocycles. The second kappa shape index (κ2) is 9.90. The van der Waals surface area contributed by atoms with Crippen molar-refractivity contribution in [2.24, 2.45) is 5.92 Å². The van der Waals surface area contributed by atoms with E-state index >= 15 is 0 Å². The summed E-state index contributed by atoms with van der Waals surface area (Å²) in [6, 6.07) is 17.5. The lowest BCUT2D eigenvalue weighted by Gasteiger charge is -2.23. The van der Waals surface area contributed by atoms with Crippen molar-refractivity contribution in [2.45, 2.75) is 26.2 Å². The topological polar surface area (TPSA) is 84.7 Å². The lowest BCUT2D eigenvalue weighted by atomic mass is 9.91. The predicted octanol–water partition coefficient (Wildman–Crippen LogP) is 3.90. The first-order valence-electron chi connectivity index (χ1n) is 11.2. The molecule has 3 aromatic rings. The zero-order valence-electron chi connectivity index (χ0n) is 19.2. The number of para-hydroxylation sites is 1. The second-order valence-corrected chi connectivity index (χ2v) is 8.57. The van der Waals surface area contributed by atoms with Crippen molar-refractivity contribution in [1.29, 1.82) is 0 Å². The zero-order valence-corrected chi connectivity index (χ0v) is 19.2. The number of ether oxygens (including phenoxy) is 1. The van der Waals surface area contributed by atoms with Crippen LogP contribution in [0.4, 0.5) is 0 Å². The summed E-state index contributed by atoms with van der Waals surface area (Å²) in [5.41, 5.74) is 3.75. The molecule has 1 fully saturated rings. The minimum atomic E-state index is -0.389. The van der Waals surface area contributed by atoms with E-state index in [1.54, 1.807) is 18.1 Å². The van der Waals surface area contributed by atoms with Gasteiger partial charge in [0.25, 0.3) is 5.91 Å². The van der Waals surface area contributed by atoms with Gasteiger partial charge in [-0.3, -0.25) is 9.59 Å². The van der Waals surface area contributed by atoms with Gasteiger partial charge < -0.3 is 19.5 Å². The van der Waals surface area contributed by atoms with E-state index in [-0.39, 0.29) is 29.4 Å². The van der Waals surface area contributed by atoms with Crippen LogP contribution >= 0.6 is 0 Å². The summed E-state index contributed by atoms with van der Waals surface area (Å²) in [5.74, 6) is 0.468. The number of carbonyl (C=O) groups is 2. The van der Waals surface area contributed by atoms with Crippen LogP contribution in [0.25, 0.3) is 11.1 Å². The minimum absolute atomic E-state index is 0.0550. The fourth-order valence-corrected chi connectivity index (χ4v) is 4.15. The number of aromatic nitrogens is 1. The van der Waals surface area contributed by atoms with Crippen LogP contribution in [0.5, 0.6) is 5.75 Å². The van der Waals surface area contributed by atoms with E-state index in [2.05, 4.69) is 10.5 Å². The normalized spacial score (nSPS) is 16.4. The summed E-state index contributed by atoms with van der Waals surface area (Å²) in [6.45, 7) is 5.13. The highest BCUT2D eigenvalue weighted by atomic mass is 16.5. The van der Waals surface area contributed by atoms with Crippen molar-refractivity contribution < 1.29 is 18.8 Å². The molecule has 33 heavy (non-hydrogen) atoms. The molecule has 7 nitrogen and oxygen atoms in total. The van der Waals surface area contributed by atoms with Gasteiger partial charge in [-0.05, 0) is 29.5 Å². The third-order valence-electron chi connectivity index (χ3n) is 5.99. The molecule has 0 radical (unpaired) electrons. The molecule has 2 aromatic carbocycles. The molecule has 1 atom stereocenters. The Hall–Kier alpha value is -3.61. The van der Waals surface area contributed by atoms with Crippen LogP contribution in [-0.2, 0) is 11.2 Å². The van der Waals surface area contributed by atoms with Gasteiger partial charge in [-0.15, -0.1) is 0 Å². The van der Waals surface area contributed by atoms with Gasteiger partial charge in [0.15, 0.2) is 0 Å². The monoisotopic (exact) mass is 447 g/mol. The maximum atomic E-state index is 13.1. The van der Waals surface area contributed by atoms with Crippen molar-refractivity contribution in [2.75, 3.05) is 26.7 Å². The van der Waals surface area contributed by atoms with Gasteiger partial charge in [0.05, 0.1) is 18.7 Å². The van der Waals surface area contributed by atoms with Gasteiger partial charge in [0, 0.05) is 31.3 Å². The van der Waals surface area contributed by atoms with Crippen molar-refractivity contribution in [1.82, 2.24) is 15.4 Å². The molecule has 0 bridgehead atoms. The SMILES string of the molecule is COc1ccccc1-c1ccccc1C[C@H]1CN(C(=O)c2cc(C(C)C)no2)CCNC1=O. The first-order chi connectivity index (χ1) is 16.0. The molecule has 2 amide bonds. The Morgan fingerprint density at radius 2 is 1.91 bits per heavy atom. The second-order valence-electron chi connectivity index (χ2n) is 8.57. The Kier molecular flexibility index (Phi) is 6.77. The Morgan fingerprint density at radius 1 is 1.18 bits per heavy atom. The summed E-state index contributed by atoms with van der Waals surface area (Å²) >= 11 is 0. The van der Waals surface area contributed by atoms with Crippen LogP contribution in [0.2, 0.25) is 0 Å². The summed E-state index contributed by atoms with van der Waals surface area (Å²) in [4.78, 5) is 27.7. The van der Waals surface area contributed by atoms with Crippen LogP contribution in [0.15, 0.2) is 59.1 Å². The number of hydrogen-bond donors (Lipinski definition) is 1. The van der Waals surface area contributed by atoms with E-state index in [0.29, 0.717) is 26.1 Å². The molecule has 0 aliphatic carbocycles. The van der Waals surface area contributed by atoms with E-state index in [4.69, 9.17) is 9.26 Å².